The Morgan fingerprint density at radius 3 is 2.88 bits per heavy atom. The van der Waals surface area contributed by atoms with Crippen LogP contribution in [0.2, 0.25) is 0 Å². The van der Waals surface area contributed by atoms with Crippen LogP contribution in [0.15, 0.2) is 18.0 Å². The van der Waals surface area contributed by atoms with E-state index in [-0.39, 0.29) is 5.78 Å². The first-order chi connectivity index (χ1) is 8.16. The fraction of sp³-hybridized carbons (Fsp3) is 0.615. The van der Waals surface area contributed by atoms with Crippen molar-refractivity contribution in [1.29, 1.82) is 0 Å². The average molecular weight is 233 g/mol. The van der Waals surface area contributed by atoms with Gasteiger partial charge in [-0.25, -0.2) is 9.67 Å². The van der Waals surface area contributed by atoms with Crippen LogP contribution in [0.3, 0.4) is 0 Å². The van der Waals surface area contributed by atoms with Crippen LogP contribution in [0.5, 0.6) is 0 Å². The summed E-state index contributed by atoms with van der Waals surface area (Å²) in [5, 5.41) is 4.22. The number of hydrogen-bond acceptors (Lipinski definition) is 3. The van der Waals surface area contributed by atoms with Crippen molar-refractivity contribution in [2.24, 2.45) is 0 Å². The number of ketones is 1. The number of aromatic nitrogens is 3. The van der Waals surface area contributed by atoms with Gasteiger partial charge in [-0.2, -0.15) is 5.10 Å². The van der Waals surface area contributed by atoms with Crippen LogP contribution < -0.4 is 0 Å². The highest BCUT2D eigenvalue weighted by Crippen LogP contribution is 2.19. The van der Waals surface area contributed by atoms with E-state index < -0.39 is 0 Å². The summed E-state index contributed by atoms with van der Waals surface area (Å²) in [6.45, 7) is 4.18. The fourth-order valence-electron chi connectivity index (χ4n) is 2.20. The summed E-state index contributed by atoms with van der Waals surface area (Å²) >= 11 is 0. The van der Waals surface area contributed by atoms with Crippen LogP contribution in [0.25, 0.3) is 0 Å². The van der Waals surface area contributed by atoms with Crippen LogP contribution in [0, 0.1) is 0 Å². The van der Waals surface area contributed by atoms with Gasteiger partial charge in [0.15, 0.2) is 5.78 Å². The van der Waals surface area contributed by atoms with Crippen LogP contribution >= 0.6 is 0 Å². The maximum absolute atomic E-state index is 11.5. The lowest BCUT2D eigenvalue weighted by atomic mass is 10.1. The van der Waals surface area contributed by atoms with Gasteiger partial charge in [0.2, 0.25) is 0 Å². The van der Waals surface area contributed by atoms with E-state index in [1.807, 2.05) is 10.8 Å². The first-order valence-corrected chi connectivity index (χ1v) is 6.27. The Kier molecular flexibility index (Phi) is 3.71. The van der Waals surface area contributed by atoms with Gasteiger partial charge >= 0.3 is 0 Å². The third kappa shape index (κ3) is 3.02. The first kappa shape index (κ1) is 12.0. The Morgan fingerprint density at radius 1 is 1.35 bits per heavy atom. The first-order valence-electron chi connectivity index (χ1n) is 6.27. The quantitative estimate of drug-likeness (QED) is 0.805. The van der Waals surface area contributed by atoms with Crippen molar-refractivity contribution in [2.45, 2.75) is 52.0 Å². The van der Waals surface area contributed by atoms with E-state index in [1.54, 1.807) is 6.33 Å². The van der Waals surface area contributed by atoms with Crippen molar-refractivity contribution in [3.8, 4) is 0 Å². The van der Waals surface area contributed by atoms with Gasteiger partial charge < -0.3 is 0 Å². The molecular formula is C13H19N3O. The van der Waals surface area contributed by atoms with Crippen molar-refractivity contribution in [2.75, 3.05) is 0 Å². The second-order valence-corrected chi connectivity index (χ2v) is 4.87. The maximum Gasteiger partial charge on any atom is 0.155 e. The smallest absolute Gasteiger partial charge is 0.155 e. The standard InChI is InChI=1S/C13H19N3O/c1-10(2)16-13(14-9-15-16)8-11-5-3-4-6-12(17)7-11/h7,9-10H,3-6,8H2,1-2H3. The molecule has 0 atom stereocenters. The Bertz CT molecular complexity index is 432. The maximum atomic E-state index is 11.5. The molecule has 92 valence electrons. The lowest BCUT2D eigenvalue weighted by Gasteiger charge is -2.10. The summed E-state index contributed by atoms with van der Waals surface area (Å²) in [6, 6.07) is 0.314. The molecule has 1 heterocycles. The van der Waals surface area contributed by atoms with Crippen molar-refractivity contribution in [3.05, 3.63) is 23.8 Å². The molecule has 4 nitrogen and oxygen atoms in total. The minimum Gasteiger partial charge on any atom is -0.295 e. The second kappa shape index (κ2) is 5.25. The van der Waals surface area contributed by atoms with E-state index in [0.29, 0.717) is 12.5 Å². The molecule has 0 aliphatic heterocycles. The minimum absolute atomic E-state index is 0.258. The van der Waals surface area contributed by atoms with Gasteiger partial charge in [0, 0.05) is 18.9 Å². The third-order valence-electron chi connectivity index (χ3n) is 3.06. The molecule has 1 aliphatic carbocycles. The van der Waals surface area contributed by atoms with Gasteiger partial charge in [-0.05, 0) is 39.2 Å². The van der Waals surface area contributed by atoms with E-state index in [1.165, 1.54) is 5.57 Å². The summed E-state index contributed by atoms with van der Waals surface area (Å²) in [5.41, 5.74) is 1.20. The van der Waals surface area contributed by atoms with Gasteiger partial charge in [0.25, 0.3) is 0 Å². The second-order valence-electron chi connectivity index (χ2n) is 4.87. The molecule has 0 unspecified atom stereocenters. The number of carbonyl (C=O) groups is 1. The number of allylic oxidation sites excluding steroid dienone is 2. The van der Waals surface area contributed by atoms with E-state index in [4.69, 9.17) is 0 Å². The van der Waals surface area contributed by atoms with Gasteiger partial charge in [-0.1, -0.05) is 5.57 Å². The Balaban J connectivity index is 2.14. The molecule has 0 bridgehead atoms. The summed E-state index contributed by atoms with van der Waals surface area (Å²) in [6.07, 6.45) is 7.98. The van der Waals surface area contributed by atoms with E-state index in [2.05, 4.69) is 23.9 Å². The molecule has 0 N–H and O–H groups in total. The molecule has 2 rings (SSSR count). The Hall–Kier alpha value is -1.45. The molecule has 1 aromatic heterocycles. The summed E-state index contributed by atoms with van der Waals surface area (Å²) in [5.74, 6) is 1.22. The fourth-order valence-corrected chi connectivity index (χ4v) is 2.20. The van der Waals surface area contributed by atoms with Gasteiger partial charge in [-0.3, -0.25) is 4.79 Å². The molecule has 1 aromatic rings. The van der Waals surface area contributed by atoms with Crippen LogP contribution in [-0.4, -0.2) is 20.5 Å². The molecule has 1 aliphatic rings. The Morgan fingerprint density at radius 2 is 2.12 bits per heavy atom. The van der Waals surface area contributed by atoms with E-state index in [9.17, 15) is 4.79 Å². The number of hydrogen-bond donors (Lipinski definition) is 0. The summed E-state index contributed by atoms with van der Waals surface area (Å²) in [4.78, 5) is 15.8. The molecular weight excluding hydrogens is 214 g/mol. The van der Waals surface area contributed by atoms with Gasteiger partial charge in [-0.15, -0.1) is 0 Å². The molecule has 4 heteroatoms. The molecule has 0 amide bonds. The predicted molar refractivity (Wildman–Crippen MR) is 65.7 cm³/mol. The van der Waals surface area contributed by atoms with Gasteiger partial charge in [0.05, 0.1) is 0 Å². The average Bonchev–Trinajstić information content (AvgIpc) is 2.62. The highest BCUT2D eigenvalue weighted by molar-refractivity contribution is 5.90. The van der Waals surface area contributed by atoms with Crippen LogP contribution in [0.4, 0.5) is 0 Å². The molecule has 0 aromatic carbocycles. The molecule has 0 fully saturated rings. The van der Waals surface area contributed by atoms with Crippen LogP contribution in [0.1, 0.15) is 51.4 Å². The molecule has 17 heavy (non-hydrogen) atoms. The monoisotopic (exact) mass is 233 g/mol. The number of rotatable bonds is 3. The number of nitrogens with zero attached hydrogens (tertiary/aromatic N) is 3. The van der Waals surface area contributed by atoms with E-state index >= 15 is 0 Å². The molecule has 0 saturated heterocycles. The predicted octanol–water partition coefficient (Wildman–Crippen LogP) is 2.47. The minimum atomic E-state index is 0.258. The number of carbonyl (C=O) groups excluding carboxylic acids is 1. The SMILES string of the molecule is CC(C)n1ncnc1CC1=CC(=O)CCCC1. The highest BCUT2D eigenvalue weighted by Gasteiger charge is 2.13. The third-order valence-corrected chi connectivity index (χ3v) is 3.06. The molecule has 0 spiro atoms. The van der Waals surface area contributed by atoms with Gasteiger partial charge in [0.1, 0.15) is 12.2 Å². The Labute approximate surface area is 102 Å². The lowest BCUT2D eigenvalue weighted by molar-refractivity contribution is -0.114. The zero-order chi connectivity index (χ0) is 12.3. The normalized spacial score (nSPS) is 17.1. The summed E-state index contributed by atoms with van der Waals surface area (Å²) < 4.78 is 1.93. The van der Waals surface area contributed by atoms with Crippen LogP contribution in [-0.2, 0) is 11.2 Å². The topological polar surface area (TPSA) is 47.8 Å². The lowest BCUT2D eigenvalue weighted by Crippen LogP contribution is -2.09. The van der Waals surface area contributed by atoms with Crippen molar-refractivity contribution in [3.63, 3.8) is 0 Å². The van der Waals surface area contributed by atoms with Crippen molar-refractivity contribution < 1.29 is 4.79 Å². The summed E-state index contributed by atoms with van der Waals surface area (Å²) in [7, 11) is 0. The molecule has 0 radical (unpaired) electrons. The zero-order valence-electron chi connectivity index (χ0n) is 10.5. The van der Waals surface area contributed by atoms with Crippen molar-refractivity contribution in [1.82, 2.24) is 14.8 Å². The van der Waals surface area contributed by atoms with Crippen molar-refractivity contribution >= 4 is 5.78 Å². The molecule has 0 saturated carbocycles. The van der Waals surface area contributed by atoms with E-state index in [0.717, 1.165) is 31.5 Å². The highest BCUT2D eigenvalue weighted by atomic mass is 16.1. The largest absolute Gasteiger partial charge is 0.295 e. The zero-order valence-corrected chi connectivity index (χ0v) is 10.5.